The van der Waals surface area contributed by atoms with Gasteiger partial charge in [0.05, 0.1) is 6.54 Å². The number of piperidine rings is 1. The van der Waals surface area contributed by atoms with Gasteiger partial charge in [0.25, 0.3) is 5.91 Å². The molecule has 0 atom stereocenters. The zero-order chi connectivity index (χ0) is 15.5. The van der Waals surface area contributed by atoms with Gasteiger partial charge in [-0.25, -0.2) is 4.98 Å². The van der Waals surface area contributed by atoms with Gasteiger partial charge in [0.2, 0.25) is 0 Å². The molecule has 1 fully saturated rings. The molecule has 5 nitrogen and oxygen atoms in total. The summed E-state index contributed by atoms with van der Waals surface area (Å²) in [6.07, 6.45) is -3.40. The zero-order valence-electron chi connectivity index (χ0n) is 11.4. The Labute approximate surface area is 123 Å². The van der Waals surface area contributed by atoms with Gasteiger partial charge in [0.15, 0.2) is 5.69 Å². The molecule has 2 rings (SSSR count). The van der Waals surface area contributed by atoms with Gasteiger partial charge >= 0.3 is 6.18 Å². The second-order valence-corrected chi connectivity index (χ2v) is 5.70. The van der Waals surface area contributed by atoms with Crippen molar-refractivity contribution < 1.29 is 22.7 Å². The summed E-state index contributed by atoms with van der Waals surface area (Å²) < 4.78 is 42.6. The first-order valence-corrected chi connectivity index (χ1v) is 7.31. The molecule has 0 aromatic carbocycles. The Morgan fingerprint density at radius 1 is 1.52 bits per heavy atom. The summed E-state index contributed by atoms with van der Waals surface area (Å²) in [4.78, 5) is 15.7. The number of hydrogen-bond donors (Lipinski definition) is 2. The van der Waals surface area contributed by atoms with Gasteiger partial charge in [-0.3, -0.25) is 4.79 Å². The summed E-state index contributed by atoms with van der Waals surface area (Å²) in [5, 5.41) is 6.90. The van der Waals surface area contributed by atoms with Gasteiger partial charge in [-0.15, -0.1) is 11.3 Å². The van der Waals surface area contributed by atoms with Crippen LogP contribution in [0, 0.1) is 0 Å². The van der Waals surface area contributed by atoms with Crippen molar-refractivity contribution in [3.05, 3.63) is 16.1 Å². The van der Waals surface area contributed by atoms with Crippen LogP contribution in [-0.2, 0) is 22.3 Å². The molecular formula is C12H16F3N3O2S. The molecule has 1 saturated heterocycles. The minimum atomic E-state index is -4.46. The average molecular weight is 323 g/mol. The molecule has 0 unspecified atom stereocenters. The molecule has 1 aromatic rings. The van der Waals surface area contributed by atoms with Gasteiger partial charge in [-0.1, -0.05) is 0 Å². The molecule has 9 heteroatoms. The first-order chi connectivity index (χ1) is 9.87. The molecule has 0 bridgehead atoms. The number of carbonyl (C=O) groups excluding carboxylic acids is 1. The van der Waals surface area contributed by atoms with Crippen LogP contribution in [0.3, 0.4) is 0 Å². The molecule has 0 radical (unpaired) electrons. The second-order valence-electron chi connectivity index (χ2n) is 4.76. The first kappa shape index (κ1) is 16.2. The van der Waals surface area contributed by atoms with Crippen LogP contribution in [0.4, 0.5) is 13.2 Å². The molecule has 2 N–H and O–H groups in total. The smallest absolute Gasteiger partial charge is 0.368 e. The third kappa shape index (κ3) is 3.72. The van der Waals surface area contributed by atoms with Crippen molar-refractivity contribution >= 4 is 17.2 Å². The summed E-state index contributed by atoms with van der Waals surface area (Å²) in [6, 6.07) is 0. The van der Waals surface area contributed by atoms with Gasteiger partial charge < -0.3 is 15.4 Å². The summed E-state index contributed by atoms with van der Waals surface area (Å²) in [5.74, 6) is -0.310. The van der Waals surface area contributed by atoms with Crippen LogP contribution < -0.4 is 10.6 Å². The predicted octanol–water partition coefficient (Wildman–Crippen LogP) is 1.55. The highest BCUT2D eigenvalue weighted by Crippen LogP contribution is 2.30. The van der Waals surface area contributed by atoms with Crippen LogP contribution in [-0.4, -0.2) is 36.7 Å². The number of ether oxygens (including phenoxy) is 1. The topological polar surface area (TPSA) is 63.2 Å². The molecule has 21 heavy (non-hydrogen) atoms. The maximum Gasteiger partial charge on any atom is 0.434 e. The van der Waals surface area contributed by atoms with E-state index in [1.165, 1.54) is 7.11 Å². The Hall–Kier alpha value is -1.19. The summed E-state index contributed by atoms with van der Waals surface area (Å²) in [6.45, 7) is 1.30. The minimum Gasteiger partial charge on any atom is -0.368 e. The minimum absolute atomic E-state index is 0.0296. The lowest BCUT2D eigenvalue weighted by Crippen LogP contribution is -2.53. The molecule has 0 saturated carbocycles. The van der Waals surface area contributed by atoms with Gasteiger partial charge in [0.1, 0.15) is 10.6 Å². The Kier molecular flexibility index (Phi) is 4.84. The van der Waals surface area contributed by atoms with Crippen molar-refractivity contribution in [1.29, 1.82) is 0 Å². The highest BCUT2D eigenvalue weighted by atomic mass is 32.1. The van der Waals surface area contributed by atoms with Crippen molar-refractivity contribution in [2.75, 3.05) is 20.2 Å². The highest BCUT2D eigenvalue weighted by Gasteiger charge is 2.39. The number of nitrogens with one attached hydrogen (secondary N) is 2. The van der Waals surface area contributed by atoms with Crippen molar-refractivity contribution in [1.82, 2.24) is 15.6 Å². The maximum atomic E-state index is 12.4. The lowest BCUT2D eigenvalue weighted by Gasteiger charge is -2.34. The van der Waals surface area contributed by atoms with Crippen molar-refractivity contribution in [2.24, 2.45) is 0 Å². The molecule has 1 aromatic heterocycles. The number of halogens is 3. The third-order valence-electron chi connectivity index (χ3n) is 3.46. The third-order valence-corrected chi connectivity index (χ3v) is 4.31. The lowest BCUT2D eigenvalue weighted by atomic mass is 9.91. The van der Waals surface area contributed by atoms with E-state index in [4.69, 9.17) is 4.74 Å². The molecule has 1 amide bonds. The number of rotatable bonds is 4. The number of aromatic nitrogens is 1. The SMILES string of the molecule is COC1(C(=O)NCc2nc(C(F)(F)F)cs2)CCNCC1. The van der Waals surface area contributed by atoms with Gasteiger partial charge in [-0.05, 0) is 25.9 Å². The lowest BCUT2D eigenvalue weighted by molar-refractivity contribution is -0.146. The molecule has 0 aliphatic carbocycles. The predicted molar refractivity (Wildman–Crippen MR) is 70.8 cm³/mol. The quantitative estimate of drug-likeness (QED) is 0.882. The van der Waals surface area contributed by atoms with Gasteiger partial charge in [-0.2, -0.15) is 13.2 Å². The standard InChI is InChI=1S/C12H16F3N3O2S/c1-20-11(2-4-16-5-3-11)10(19)17-6-9-18-8(7-21-9)12(13,14)15/h7,16H,2-6H2,1H3,(H,17,19). The number of thiazole rings is 1. The van der Waals surface area contributed by atoms with E-state index in [2.05, 4.69) is 15.6 Å². The van der Waals surface area contributed by atoms with Crippen LogP contribution in [0.5, 0.6) is 0 Å². The van der Waals surface area contributed by atoms with Crippen LogP contribution in [0.2, 0.25) is 0 Å². The monoisotopic (exact) mass is 323 g/mol. The summed E-state index contributed by atoms with van der Waals surface area (Å²) in [5.41, 5.74) is -1.84. The number of alkyl halides is 3. The fourth-order valence-corrected chi connectivity index (χ4v) is 2.93. The molecule has 0 spiro atoms. The van der Waals surface area contributed by atoms with E-state index in [1.54, 1.807) is 0 Å². The largest absolute Gasteiger partial charge is 0.434 e. The molecular weight excluding hydrogens is 307 g/mol. The fourth-order valence-electron chi connectivity index (χ4n) is 2.19. The molecule has 118 valence electrons. The summed E-state index contributed by atoms with van der Waals surface area (Å²) >= 11 is 0.873. The van der Waals surface area contributed by atoms with Crippen molar-refractivity contribution in [3.63, 3.8) is 0 Å². The maximum absolute atomic E-state index is 12.4. The Morgan fingerprint density at radius 3 is 2.71 bits per heavy atom. The van der Waals surface area contributed by atoms with E-state index in [-0.39, 0.29) is 17.5 Å². The van der Waals surface area contributed by atoms with Crippen LogP contribution in [0.1, 0.15) is 23.5 Å². The number of amides is 1. The fraction of sp³-hybridized carbons (Fsp3) is 0.667. The normalized spacial score (nSPS) is 18.5. The number of hydrogen-bond acceptors (Lipinski definition) is 5. The second kappa shape index (κ2) is 6.29. The van der Waals surface area contributed by atoms with Gasteiger partial charge in [0, 0.05) is 12.5 Å². The Bertz CT molecular complexity index is 498. The van der Waals surface area contributed by atoms with Crippen LogP contribution in [0.25, 0.3) is 0 Å². The van der Waals surface area contributed by atoms with E-state index >= 15 is 0 Å². The van der Waals surface area contributed by atoms with E-state index < -0.39 is 17.5 Å². The van der Waals surface area contributed by atoms with E-state index in [0.29, 0.717) is 25.9 Å². The zero-order valence-corrected chi connectivity index (χ0v) is 12.2. The number of carbonyl (C=O) groups is 1. The number of nitrogens with zero attached hydrogens (tertiary/aromatic N) is 1. The molecule has 2 heterocycles. The van der Waals surface area contributed by atoms with Crippen LogP contribution in [0.15, 0.2) is 5.38 Å². The Balaban J connectivity index is 1.95. The number of methoxy groups -OCH3 is 1. The van der Waals surface area contributed by atoms with Crippen LogP contribution >= 0.6 is 11.3 Å². The summed E-state index contributed by atoms with van der Waals surface area (Å²) in [7, 11) is 1.47. The van der Waals surface area contributed by atoms with Crippen molar-refractivity contribution in [2.45, 2.75) is 31.2 Å². The van der Waals surface area contributed by atoms with E-state index in [1.807, 2.05) is 0 Å². The molecule has 1 aliphatic heterocycles. The van der Waals surface area contributed by atoms with Crippen molar-refractivity contribution in [3.8, 4) is 0 Å². The first-order valence-electron chi connectivity index (χ1n) is 6.43. The molecule has 1 aliphatic rings. The Morgan fingerprint density at radius 2 is 2.19 bits per heavy atom. The average Bonchev–Trinajstić information content (AvgIpc) is 2.94. The van der Waals surface area contributed by atoms with E-state index in [0.717, 1.165) is 16.7 Å². The highest BCUT2D eigenvalue weighted by molar-refractivity contribution is 7.09. The van der Waals surface area contributed by atoms with E-state index in [9.17, 15) is 18.0 Å².